The van der Waals surface area contributed by atoms with Crippen molar-refractivity contribution in [1.82, 2.24) is 4.98 Å². The first-order valence-corrected chi connectivity index (χ1v) is 8.50. The van der Waals surface area contributed by atoms with Crippen molar-refractivity contribution in [2.45, 2.75) is 6.42 Å². The highest BCUT2D eigenvalue weighted by molar-refractivity contribution is 7.14. The molecule has 3 aromatic rings. The van der Waals surface area contributed by atoms with Crippen LogP contribution in [0.15, 0.2) is 53.9 Å². The van der Waals surface area contributed by atoms with Crippen LogP contribution in [0.1, 0.15) is 5.56 Å². The lowest BCUT2D eigenvalue weighted by atomic mass is 10.1. The van der Waals surface area contributed by atoms with Gasteiger partial charge in [-0.2, -0.15) is 0 Å². The molecule has 116 valence electrons. The van der Waals surface area contributed by atoms with Crippen LogP contribution in [0.2, 0.25) is 10.0 Å². The van der Waals surface area contributed by atoms with Crippen LogP contribution in [0.5, 0.6) is 0 Å². The van der Waals surface area contributed by atoms with Crippen molar-refractivity contribution < 1.29 is 4.79 Å². The monoisotopic (exact) mass is 362 g/mol. The molecule has 2 aromatic carbocycles. The number of halogens is 2. The number of nitrogens with zero attached hydrogens (tertiary/aromatic N) is 1. The highest BCUT2D eigenvalue weighted by Crippen LogP contribution is 2.30. The molecule has 1 aromatic heterocycles. The van der Waals surface area contributed by atoms with Gasteiger partial charge in [-0.05, 0) is 17.7 Å². The summed E-state index contributed by atoms with van der Waals surface area (Å²) in [6.45, 7) is 0. The molecule has 0 aliphatic carbocycles. The van der Waals surface area contributed by atoms with E-state index in [1.54, 1.807) is 12.1 Å². The molecule has 3 rings (SSSR count). The largest absolute Gasteiger partial charge is 0.302 e. The third-order valence-electron chi connectivity index (χ3n) is 3.17. The standard InChI is InChI=1S/C17H12Cl2N2OS/c18-13-7-6-12(9-14(13)19)15-10-23-17(20-15)21-16(22)8-11-4-2-1-3-5-11/h1-7,9-10H,8H2,(H,20,21,22). The van der Waals surface area contributed by atoms with Crippen LogP contribution in [0.25, 0.3) is 11.3 Å². The number of hydrogen-bond acceptors (Lipinski definition) is 3. The summed E-state index contributed by atoms with van der Waals surface area (Å²) in [6.07, 6.45) is 0.322. The first-order chi connectivity index (χ1) is 11.1. The Hall–Kier alpha value is -1.88. The van der Waals surface area contributed by atoms with Gasteiger partial charge in [0.25, 0.3) is 0 Å². The molecule has 0 fully saturated rings. The summed E-state index contributed by atoms with van der Waals surface area (Å²) >= 11 is 13.3. The van der Waals surface area contributed by atoms with Crippen molar-refractivity contribution in [3.05, 3.63) is 69.5 Å². The molecule has 0 aliphatic rings. The van der Waals surface area contributed by atoms with E-state index in [1.165, 1.54) is 11.3 Å². The molecule has 0 saturated carbocycles. The Bertz CT molecular complexity index is 834. The van der Waals surface area contributed by atoms with Gasteiger partial charge in [-0.15, -0.1) is 11.3 Å². The molecule has 23 heavy (non-hydrogen) atoms. The molecule has 0 atom stereocenters. The molecule has 3 nitrogen and oxygen atoms in total. The Kier molecular flexibility index (Phi) is 4.96. The van der Waals surface area contributed by atoms with E-state index in [4.69, 9.17) is 23.2 Å². The molecule has 0 bridgehead atoms. The Labute approximate surface area is 147 Å². The number of rotatable bonds is 4. The number of anilines is 1. The maximum atomic E-state index is 12.0. The van der Waals surface area contributed by atoms with E-state index in [2.05, 4.69) is 10.3 Å². The molecule has 1 amide bonds. The maximum Gasteiger partial charge on any atom is 0.230 e. The van der Waals surface area contributed by atoms with Crippen molar-refractivity contribution in [3.63, 3.8) is 0 Å². The summed E-state index contributed by atoms with van der Waals surface area (Å²) in [7, 11) is 0. The Balaban J connectivity index is 1.69. The van der Waals surface area contributed by atoms with Gasteiger partial charge in [-0.1, -0.05) is 59.6 Å². The summed E-state index contributed by atoms with van der Waals surface area (Å²) in [5.74, 6) is -0.0914. The molecule has 1 heterocycles. The van der Waals surface area contributed by atoms with E-state index in [9.17, 15) is 4.79 Å². The first kappa shape index (κ1) is 16.0. The van der Waals surface area contributed by atoms with Crippen LogP contribution in [-0.2, 0) is 11.2 Å². The third kappa shape index (κ3) is 4.10. The molecule has 0 unspecified atom stereocenters. The number of aromatic nitrogens is 1. The van der Waals surface area contributed by atoms with Crippen molar-refractivity contribution in [1.29, 1.82) is 0 Å². The number of thiazole rings is 1. The lowest BCUT2D eigenvalue weighted by molar-refractivity contribution is -0.115. The fraction of sp³-hybridized carbons (Fsp3) is 0.0588. The van der Waals surface area contributed by atoms with E-state index in [0.29, 0.717) is 21.6 Å². The molecule has 6 heteroatoms. The quantitative estimate of drug-likeness (QED) is 0.684. The van der Waals surface area contributed by atoms with Crippen LogP contribution in [0.3, 0.4) is 0 Å². The van der Waals surface area contributed by atoms with Crippen LogP contribution < -0.4 is 5.32 Å². The second kappa shape index (κ2) is 7.13. The van der Waals surface area contributed by atoms with Gasteiger partial charge in [0.15, 0.2) is 5.13 Å². The molecular formula is C17H12Cl2N2OS. The van der Waals surface area contributed by atoms with Gasteiger partial charge in [-0.3, -0.25) is 4.79 Å². The van der Waals surface area contributed by atoms with Gasteiger partial charge < -0.3 is 5.32 Å². The number of hydrogen-bond donors (Lipinski definition) is 1. The predicted octanol–water partition coefficient (Wildman–Crippen LogP) is 5.30. The number of benzene rings is 2. The van der Waals surface area contributed by atoms with E-state index in [-0.39, 0.29) is 5.91 Å². The van der Waals surface area contributed by atoms with E-state index < -0.39 is 0 Å². The predicted molar refractivity (Wildman–Crippen MR) is 96.3 cm³/mol. The normalized spacial score (nSPS) is 10.5. The smallest absolute Gasteiger partial charge is 0.230 e. The van der Waals surface area contributed by atoms with E-state index in [1.807, 2.05) is 41.8 Å². The van der Waals surface area contributed by atoms with Gasteiger partial charge >= 0.3 is 0 Å². The van der Waals surface area contributed by atoms with Crippen LogP contribution in [-0.4, -0.2) is 10.9 Å². The SMILES string of the molecule is O=C(Cc1ccccc1)Nc1nc(-c2ccc(Cl)c(Cl)c2)cs1. The van der Waals surface area contributed by atoms with Gasteiger partial charge in [0, 0.05) is 10.9 Å². The third-order valence-corrected chi connectivity index (χ3v) is 4.67. The van der Waals surface area contributed by atoms with Gasteiger partial charge in [0.1, 0.15) is 0 Å². The topological polar surface area (TPSA) is 42.0 Å². The average molecular weight is 363 g/mol. The van der Waals surface area contributed by atoms with Crippen molar-refractivity contribution >= 4 is 45.6 Å². The van der Waals surface area contributed by atoms with Crippen LogP contribution in [0.4, 0.5) is 5.13 Å². The van der Waals surface area contributed by atoms with Crippen molar-refractivity contribution in [3.8, 4) is 11.3 Å². The molecular weight excluding hydrogens is 351 g/mol. The second-order valence-corrected chi connectivity index (χ2v) is 6.55. The second-order valence-electron chi connectivity index (χ2n) is 4.88. The van der Waals surface area contributed by atoms with E-state index in [0.717, 1.165) is 16.8 Å². The van der Waals surface area contributed by atoms with Crippen LogP contribution in [0, 0.1) is 0 Å². The lowest BCUT2D eigenvalue weighted by Gasteiger charge is -2.02. The Morgan fingerprint density at radius 1 is 1.09 bits per heavy atom. The zero-order valence-electron chi connectivity index (χ0n) is 11.9. The minimum absolute atomic E-state index is 0.0914. The highest BCUT2D eigenvalue weighted by Gasteiger charge is 2.10. The maximum absolute atomic E-state index is 12.0. The Morgan fingerprint density at radius 2 is 1.87 bits per heavy atom. The zero-order valence-corrected chi connectivity index (χ0v) is 14.3. The summed E-state index contributed by atoms with van der Waals surface area (Å²) < 4.78 is 0. The van der Waals surface area contributed by atoms with Crippen LogP contribution >= 0.6 is 34.5 Å². The molecule has 0 spiro atoms. The lowest BCUT2D eigenvalue weighted by Crippen LogP contribution is -2.14. The number of carbonyl (C=O) groups is 1. The van der Waals surface area contributed by atoms with Gasteiger partial charge in [0.05, 0.1) is 22.2 Å². The zero-order chi connectivity index (χ0) is 16.2. The van der Waals surface area contributed by atoms with Crippen molar-refractivity contribution in [2.75, 3.05) is 5.32 Å². The highest BCUT2D eigenvalue weighted by atomic mass is 35.5. The fourth-order valence-electron chi connectivity index (χ4n) is 2.06. The summed E-state index contributed by atoms with van der Waals surface area (Å²) in [4.78, 5) is 16.5. The minimum Gasteiger partial charge on any atom is -0.302 e. The van der Waals surface area contributed by atoms with Crippen molar-refractivity contribution in [2.24, 2.45) is 0 Å². The summed E-state index contributed by atoms with van der Waals surface area (Å²) in [5.41, 5.74) is 2.58. The molecule has 0 radical (unpaired) electrons. The molecule has 0 aliphatic heterocycles. The molecule has 0 saturated heterocycles. The van der Waals surface area contributed by atoms with E-state index >= 15 is 0 Å². The number of amides is 1. The average Bonchev–Trinajstić information content (AvgIpc) is 2.99. The minimum atomic E-state index is -0.0914. The Morgan fingerprint density at radius 3 is 2.61 bits per heavy atom. The summed E-state index contributed by atoms with van der Waals surface area (Å²) in [6, 6.07) is 14.9. The number of nitrogens with one attached hydrogen (secondary N) is 1. The van der Waals surface area contributed by atoms with Gasteiger partial charge in [-0.25, -0.2) is 4.98 Å². The van der Waals surface area contributed by atoms with Gasteiger partial charge in [0.2, 0.25) is 5.91 Å². The summed E-state index contributed by atoms with van der Waals surface area (Å²) in [5, 5.41) is 6.23. The fourth-order valence-corrected chi connectivity index (χ4v) is 3.10. The number of carbonyl (C=O) groups excluding carboxylic acids is 1. The molecule has 1 N–H and O–H groups in total. The first-order valence-electron chi connectivity index (χ1n) is 6.86.